The van der Waals surface area contributed by atoms with Gasteiger partial charge in [0.25, 0.3) is 0 Å². The summed E-state index contributed by atoms with van der Waals surface area (Å²) in [5.74, 6) is -1.98. The molecular formula is C14H30NO4+. The zero-order valence-electron chi connectivity index (χ0n) is 12.8. The van der Waals surface area contributed by atoms with Crippen molar-refractivity contribution >= 4 is 5.97 Å². The number of carboxylic acids is 1. The molecule has 0 aromatic heterocycles. The number of likely N-dealkylation sites (N-methyl/N-ethyl adjacent to an activating group) is 1. The van der Waals surface area contributed by atoms with Crippen LogP contribution in [0.1, 0.15) is 33.1 Å². The first-order valence-electron chi connectivity index (χ1n) is 6.97. The average molecular weight is 276 g/mol. The first-order valence-corrected chi connectivity index (χ1v) is 6.97. The number of aliphatic hydroxyl groups is 2. The summed E-state index contributed by atoms with van der Waals surface area (Å²) < 4.78 is 0.460. The number of aliphatic carboxylic acids is 1. The number of carboxylic acid groups (broad SMARTS) is 1. The topological polar surface area (TPSA) is 77.8 Å². The van der Waals surface area contributed by atoms with E-state index in [9.17, 15) is 20.1 Å². The minimum atomic E-state index is -1.13. The van der Waals surface area contributed by atoms with Crippen LogP contribution < -0.4 is 0 Å². The molecule has 114 valence electrons. The highest BCUT2D eigenvalue weighted by molar-refractivity contribution is 5.71. The second-order valence-electron chi connectivity index (χ2n) is 6.60. The zero-order valence-corrected chi connectivity index (χ0v) is 12.8. The van der Waals surface area contributed by atoms with E-state index >= 15 is 0 Å². The van der Waals surface area contributed by atoms with Crippen LogP contribution in [0.2, 0.25) is 0 Å². The molecule has 0 heterocycles. The third-order valence-corrected chi connectivity index (χ3v) is 3.27. The third kappa shape index (κ3) is 7.50. The molecule has 0 spiro atoms. The number of hydrogen-bond acceptors (Lipinski definition) is 3. The second-order valence-corrected chi connectivity index (χ2v) is 6.60. The molecule has 0 aromatic rings. The van der Waals surface area contributed by atoms with Gasteiger partial charge in [0, 0.05) is 0 Å². The molecule has 3 N–H and O–H groups in total. The predicted molar refractivity (Wildman–Crippen MR) is 74.7 cm³/mol. The number of aliphatic hydroxyl groups excluding tert-OH is 2. The van der Waals surface area contributed by atoms with Crippen molar-refractivity contribution in [3.05, 3.63) is 0 Å². The van der Waals surface area contributed by atoms with Gasteiger partial charge in [-0.1, -0.05) is 26.7 Å². The lowest BCUT2D eigenvalue weighted by Crippen LogP contribution is -2.49. The molecule has 5 nitrogen and oxygen atoms in total. The largest absolute Gasteiger partial charge is 0.481 e. The van der Waals surface area contributed by atoms with Gasteiger partial charge in [-0.25, -0.2) is 0 Å². The van der Waals surface area contributed by atoms with E-state index in [-0.39, 0.29) is 5.92 Å². The van der Waals surface area contributed by atoms with Gasteiger partial charge in [-0.3, -0.25) is 4.79 Å². The van der Waals surface area contributed by atoms with Crippen molar-refractivity contribution in [1.29, 1.82) is 0 Å². The van der Waals surface area contributed by atoms with Crippen molar-refractivity contribution in [3.8, 4) is 0 Å². The van der Waals surface area contributed by atoms with Crippen molar-refractivity contribution in [3.63, 3.8) is 0 Å². The summed E-state index contributed by atoms with van der Waals surface area (Å²) in [5.41, 5.74) is 0. The van der Waals surface area contributed by atoms with E-state index in [4.69, 9.17) is 0 Å². The molecule has 4 atom stereocenters. The highest BCUT2D eigenvalue weighted by atomic mass is 16.4. The normalized spacial score (nSPS) is 18.7. The van der Waals surface area contributed by atoms with E-state index in [1.807, 2.05) is 28.1 Å². The summed E-state index contributed by atoms with van der Waals surface area (Å²) in [5, 5.41) is 29.4. The van der Waals surface area contributed by atoms with Crippen LogP contribution in [0.25, 0.3) is 0 Å². The van der Waals surface area contributed by atoms with Gasteiger partial charge in [0.1, 0.15) is 18.6 Å². The number of rotatable bonds is 9. The Labute approximate surface area is 116 Å². The van der Waals surface area contributed by atoms with Gasteiger partial charge in [-0.15, -0.1) is 0 Å². The van der Waals surface area contributed by atoms with Gasteiger partial charge in [-0.05, 0) is 12.3 Å². The average Bonchev–Trinajstić information content (AvgIpc) is 2.13. The van der Waals surface area contributed by atoms with Crippen LogP contribution in [0.5, 0.6) is 0 Å². The Hall–Kier alpha value is -0.650. The van der Waals surface area contributed by atoms with E-state index < -0.39 is 24.1 Å². The Bertz CT molecular complexity index is 275. The number of quaternary nitrogens is 1. The Morgan fingerprint density at radius 1 is 1.16 bits per heavy atom. The fourth-order valence-corrected chi connectivity index (χ4v) is 2.43. The molecule has 0 amide bonds. The van der Waals surface area contributed by atoms with Gasteiger partial charge in [0.05, 0.1) is 27.2 Å². The maximum absolute atomic E-state index is 11.3. The fourth-order valence-electron chi connectivity index (χ4n) is 2.43. The minimum absolute atomic E-state index is 0.262. The lowest BCUT2D eigenvalue weighted by atomic mass is 9.87. The first-order chi connectivity index (χ1) is 8.58. The Kier molecular flexibility index (Phi) is 7.55. The van der Waals surface area contributed by atoms with E-state index in [2.05, 4.69) is 6.92 Å². The molecule has 5 heteroatoms. The maximum atomic E-state index is 11.3. The molecule has 4 unspecified atom stereocenters. The summed E-state index contributed by atoms with van der Waals surface area (Å²) in [6.07, 6.45) is 0.336. The molecule has 0 radical (unpaired) electrons. The van der Waals surface area contributed by atoms with Gasteiger partial charge in [-0.2, -0.15) is 0 Å². The van der Waals surface area contributed by atoms with E-state index in [0.717, 1.165) is 12.8 Å². The first kappa shape index (κ1) is 18.4. The summed E-state index contributed by atoms with van der Waals surface area (Å²) in [4.78, 5) is 11.3. The maximum Gasteiger partial charge on any atom is 0.312 e. The van der Waals surface area contributed by atoms with Crippen LogP contribution in [0, 0.1) is 11.8 Å². The molecule has 0 saturated carbocycles. The molecule has 0 bridgehead atoms. The van der Waals surface area contributed by atoms with E-state index in [1.165, 1.54) is 0 Å². The highest BCUT2D eigenvalue weighted by Gasteiger charge is 2.36. The molecule has 19 heavy (non-hydrogen) atoms. The molecule has 0 rings (SSSR count). The Morgan fingerprint density at radius 3 is 2.05 bits per heavy atom. The fraction of sp³-hybridized carbons (Fsp3) is 0.929. The minimum Gasteiger partial charge on any atom is -0.481 e. The molecule has 0 aliphatic carbocycles. The molecule has 0 aliphatic heterocycles. The van der Waals surface area contributed by atoms with Crippen molar-refractivity contribution in [1.82, 2.24) is 0 Å². The van der Waals surface area contributed by atoms with Crippen LogP contribution in [-0.4, -0.2) is 65.7 Å². The molecule has 0 aliphatic rings. The predicted octanol–water partition coefficient (Wildman–Crippen LogP) is 0.942. The number of carbonyl (C=O) groups is 1. The van der Waals surface area contributed by atoms with Crippen molar-refractivity contribution < 1.29 is 24.6 Å². The van der Waals surface area contributed by atoms with Gasteiger partial charge in [0.15, 0.2) is 0 Å². The highest BCUT2D eigenvalue weighted by Crippen LogP contribution is 2.21. The van der Waals surface area contributed by atoms with Gasteiger partial charge < -0.3 is 19.8 Å². The molecule has 0 fully saturated rings. The summed E-state index contributed by atoms with van der Waals surface area (Å²) in [6, 6.07) is 0. The Morgan fingerprint density at radius 2 is 1.68 bits per heavy atom. The smallest absolute Gasteiger partial charge is 0.312 e. The molecule has 0 saturated heterocycles. The quantitative estimate of drug-likeness (QED) is 0.548. The van der Waals surface area contributed by atoms with Crippen LogP contribution >= 0.6 is 0 Å². The van der Waals surface area contributed by atoms with Crippen LogP contribution in [0.15, 0.2) is 0 Å². The lowest BCUT2D eigenvalue weighted by molar-refractivity contribution is -0.874. The monoisotopic (exact) mass is 276 g/mol. The number of nitrogens with zero attached hydrogens (tertiary/aromatic N) is 1. The van der Waals surface area contributed by atoms with Gasteiger partial charge >= 0.3 is 5.97 Å². The Balaban J connectivity index is 4.67. The molecular weight excluding hydrogens is 246 g/mol. The van der Waals surface area contributed by atoms with Gasteiger partial charge in [0.2, 0.25) is 0 Å². The van der Waals surface area contributed by atoms with Crippen molar-refractivity contribution in [2.24, 2.45) is 11.8 Å². The van der Waals surface area contributed by atoms with E-state index in [1.54, 1.807) is 0 Å². The lowest BCUT2D eigenvalue weighted by Gasteiger charge is -2.31. The zero-order chi connectivity index (χ0) is 15.2. The van der Waals surface area contributed by atoms with Crippen LogP contribution in [-0.2, 0) is 4.79 Å². The standard InChI is InChI=1S/C14H29NO4/c1-6-7-10(2)8-11(16)13(14(18)19)12(17)9-15(3,4)5/h10-13,16-17H,6-9H2,1-5H3/p+1. The SMILES string of the molecule is CCCC(C)CC(O)C(C(=O)O)C(O)C[N+](C)(C)C. The second kappa shape index (κ2) is 7.82. The number of hydrogen-bond donors (Lipinski definition) is 3. The summed E-state index contributed by atoms with van der Waals surface area (Å²) in [7, 11) is 5.65. The van der Waals surface area contributed by atoms with Crippen molar-refractivity contribution in [2.75, 3.05) is 27.7 Å². The van der Waals surface area contributed by atoms with Crippen molar-refractivity contribution in [2.45, 2.75) is 45.3 Å². The summed E-state index contributed by atoms with van der Waals surface area (Å²) in [6.45, 7) is 4.36. The van der Waals surface area contributed by atoms with E-state index in [0.29, 0.717) is 17.4 Å². The molecule has 0 aromatic carbocycles. The van der Waals surface area contributed by atoms with Crippen LogP contribution in [0.4, 0.5) is 0 Å². The van der Waals surface area contributed by atoms with Crippen LogP contribution in [0.3, 0.4) is 0 Å². The summed E-state index contributed by atoms with van der Waals surface area (Å²) >= 11 is 0. The third-order valence-electron chi connectivity index (χ3n) is 3.27.